The summed E-state index contributed by atoms with van der Waals surface area (Å²) in [6.45, 7) is 0. The highest BCUT2D eigenvalue weighted by Gasteiger charge is 2.11. The number of hydrogen-bond acceptors (Lipinski definition) is 3. The van der Waals surface area contributed by atoms with Gasteiger partial charge < -0.3 is 9.30 Å². The topological polar surface area (TPSA) is 39.9 Å². The Morgan fingerprint density at radius 1 is 1.40 bits per heavy atom. The third-order valence-corrected chi connectivity index (χ3v) is 2.59. The zero-order chi connectivity index (χ0) is 10.8. The molecule has 0 unspecified atom stereocenters. The van der Waals surface area contributed by atoms with E-state index in [1.165, 1.54) is 6.33 Å². The fourth-order valence-corrected chi connectivity index (χ4v) is 1.57. The van der Waals surface area contributed by atoms with E-state index in [0.717, 1.165) is 11.3 Å². The smallest absolute Gasteiger partial charge is 0.225 e. The van der Waals surface area contributed by atoms with Gasteiger partial charge in [-0.1, -0.05) is 11.6 Å². The van der Waals surface area contributed by atoms with Crippen molar-refractivity contribution in [2.75, 3.05) is 7.11 Å². The van der Waals surface area contributed by atoms with Crippen molar-refractivity contribution in [2.24, 2.45) is 7.05 Å². The number of rotatable bonds is 2. The molecule has 0 N–H and O–H groups in total. The first-order valence-corrected chi connectivity index (χ1v) is 4.77. The summed E-state index contributed by atoms with van der Waals surface area (Å²) in [5, 5.41) is 0.663. The molecule has 0 spiro atoms. The molecule has 0 atom stereocenters. The molecule has 0 radical (unpaired) electrons. The van der Waals surface area contributed by atoms with Crippen molar-refractivity contribution >= 4 is 11.6 Å². The lowest BCUT2D eigenvalue weighted by molar-refractivity contribution is 0.398. The van der Waals surface area contributed by atoms with E-state index < -0.39 is 0 Å². The Morgan fingerprint density at radius 2 is 2.20 bits per heavy atom. The summed E-state index contributed by atoms with van der Waals surface area (Å²) in [7, 11) is 3.46. The molecular formula is C10H10ClN3O. The van der Waals surface area contributed by atoms with E-state index in [1.54, 1.807) is 13.3 Å². The zero-order valence-corrected chi connectivity index (χ0v) is 9.19. The van der Waals surface area contributed by atoms with Gasteiger partial charge in [-0.2, -0.15) is 0 Å². The maximum absolute atomic E-state index is 5.96. The minimum Gasteiger partial charge on any atom is -0.480 e. The number of methoxy groups -OCH3 is 1. The molecule has 0 aliphatic carbocycles. The molecule has 0 amide bonds. The Labute approximate surface area is 92.5 Å². The highest BCUT2D eigenvalue weighted by atomic mass is 35.5. The summed E-state index contributed by atoms with van der Waals surface area (Å²) < 4.78 is 7.01. The summed E-state index contributed by atoms with van der Waals surface area (Å²) in [4.78, 5) is 8.01. The lowest BCUT2D eigenvalue weighted by Crippen LogP contribution is -1.96. The fourth-order valence-electron chi connectivity index (χ4n) is 1.41. The van der Waals surface area contributed by atoms with Crippen molar-refractivity contribution in [3.05, 3.63) is 29.8 Å². The van der Waals surface area contributed by atoms with Crippen molar-refractivity contribution < 1.29 is 4.74 Å². The largest absolute Gasteiger partial charge is 0.480 e. The minimum absolute atomic E-state index is 0.544. The van der Waals surface area contributed by atoms with Crippen LogP contribution < -0.4 is 4.74 Å². The van der Waals surface area contributed by atoms with Crippen LogP contribution in [0.5, 0.6) is 5.88 Å². The van der Waals surface area contributed by atoms with Gasteiger partial charge in [0.05, 0.1) is 18.4 Å². The SMILES string of the molecule is COc1ncncc1-c1ccc(Cl)n1C. The second-order valence-electron chi connectivity index (χ2n) is 3.05. The lowest BCUT2D eigenvalue weighted by atomic mass is 10.2. The number of halogens is 1. The second kappa shape index (κ2) is 3.90. The molecule has 0 saturated heterocycles. The predicted molar refractivity (Wildman–Crippen MR) is 58.0 cm³/mol. The number of hydrogen-bond donors (Lipinski definition) is 0. The van der Waals surface area contributed by atoms with Crippen LogP contribution in [0.3, 0.4) is 0 Å². The maximum atomic E-state index is 5.96. The van der Waals surface area contributed by atoms with Gasteiger partial charge in [-0.15, -0.1) is 0 Å². The molecule has 0 aromatic carbocycles. The summed E-state index contributed by atoms with van der Waals surface area (Å²) in [6, 6.07) is 3.73. The average molecular weight is 224 g/mol. The molecule has 5 heteroatoms. The molecular weight excluding hydrogens is 214 g/mol. The van der Waals surface area contributed by atoms with Crippen LogP contribution in [0.4, 0.5) is 0 Å². The van der Waals surface area contributed by atoms with Crippen LogP contribution in [0.1, 0.15) is 0 Å². The Bertz CT molecular complexity index is 481. The highest BCUT2D eigenvalue weighted by molar-refractivity contribution is 6.29. The summed E-state index contributed by atoms with van der Waals surface area (Å²) in [5.74, 6) is 0.544. The lowest BCUT2D eigenvalue weighted by Gasteiger charge is -2.07. The first-order chi connectivity index (χ1) is 7.24. The molecule has 15 heavy (non-hydrogen) atoms. The monoisotopic (exact) mass is 223 g/mol. The standard InChI is InChI=1S/C10H10ClN3O/c1-14-8(3-4-9(14)11)7-5-12-6-13-10(7)15-2/h3-6H,1-2H3. The Kier molecular flexibility index (Phi) is 2.60. The van der Waals surface area contributed by atoms with Crippen LogP contribution in [-0.4, -0.2) is 21.6 Å². The molecule has 2 aromatic heterocycles. The first-order valence-electron chi connectivity index (χ1n) is 4.39. The van der Waals surface area contributed by atoms with Gasteiger partial charge in [0.25, 0.3) is 0 Å². The van der Waals surface area contributed by atoms with E-state index >= 15 is 0 Å². The average Bonchev–Trinajstić information content (AvgIpc) is 2.60. The van der Waals surface area contributed by atoms with Crippen LogP contribution >= 0.6 is 11.6 Å². The molecule has 2 aromatic rings. The normalized spacial score (nSPS) is 10.3. The van der Waals surface area contributed by atoms with Crippen molar-refractivity contribution in [3.63, 3.8) is 0 Å². The molecule has 2 heterocycles. The number of aromatic nitrogens is 3. The van der Waals surface area contributed by atoms with E-state index in [9.17, 15) is 0 Å². The van der Waals surface area contributed by atoms with E-state index in [2.05, 4.69) is 9.97 Å². The van der Waals surface area contributed by atoms with Gasteiger partial charge in [0.2, 0.25) is 5.88 Å². The molecule has 78 valence electrons. The van der Waals surface area contributed by atoms with Crippen molar-refractivity contribution in [1.82, 2.24) is 14.5 Å². The summed E-state index contributed by atoms with van der Waals surface area (Å²) in [6.07, 6.45) is 3.16. The van der Waals surface area contributed by atoms with Gasteiger partial charge in [-0.3, -0.25) is 0 Å². The van der Waals surface area contributed by atoms with Gasteiger partial charge in [-0.25, -0.2) is 9.97 Å². The molecule has 0 aliphatic heterocycles. The van der Waals surface area contributed by atoms with E-state index in [1.807, 2.05) is 23.7 Å². The third kappa shape index (κ3) is 1.68. The number of nitrogens with zero attached hydrogens (tertiary/aromatic N) is 3. The van der Waals surface area contributed by atoms with Gasteiger partial charge >= 0.3 is 0 Å². The molecule has 0 fully saturated rings. The van der Waals surface area contributed by atoms with Crippen molar-refractivity contribution in [2.45, 2.75) is 0 Å². The zero-order valence-electron chi connectivity index (χ0n) is 8.44. The van der Waals surface area contributed by atoms with Crippen molar-refractivity contribution in [1.29, 1.82) is 0 Å². The molecule has 2 rings (SSSR count). The Morgan fingerprint density at radius 3 is 2.80 bits per heavy atom. The van der Waals surface area contributed by atoms with Crippen molar-refractivity contribution in [3.8, 4) is 17.1 Å². The predicted octanol–water partition coefficient (Wildman–Crippen LogP) is 2.14. The van der Waals surface area contributed by atoms with Crippen LogP contribution in [0.2, 0.25) is 5.15 Å². The highest BCUT2D eigenvalue weighted by Crippen LogP contribution is 2.29. The van der Waals surface area contributed by atoms with E-state index in [-0.39, 0.29) is 0 Å². The Hall–Kier alpha value is -1.55. The fraction of sp³-hybridized carbons (Fsp3) is 0.200. The van der Waals surface area contributed by atoms with Gasteiger partial charge in [0, 0.05) is 13.2 Å². The molecule has 0 saturated carbocycles. The summed E-state index contributed by atoms with van der Waals surface area (Å²) >= 11 is 5.96. The van der Waals surface area contributed by atoms with E-state index in [4.69, 9.17) is 16.3 Å². The van der Waals surface area contributed by atoms with Crippen LogP contribution in [0, 0.1) is 0 Å². The van der Waals surface area contributed by atoms with Gasteiger partial charge in [-0.05, 0) is 12.1 Å². The van der Waals surface area contributed by atoms with Crippen LogP contribution in [0.15, 0.2) is 24.7 Å². The Balaban J connectivity index is 2.58. The second-order valence-corrected chi connectivity index (χ2v) is 3.43. The molecule has 0 bridgehead atoms. The first kappa shape index (κ1) is 9.98. The maximum Gasteiger partial charge on any atom is 0.225 e. The number of ether oxygens (including phenoxy) is 1. The minimum atomic E-state index is 0.544. The molecule has 0 aliphatic rings. The summed E-state index contributed by atoms with van der Waals surface area (Å²) in [5.41, 5.74) is 1.76. The van der Waals surface area contributed by atoms with Gasteiger partial charge in [0.1, 0.15) is 11.5 Å². The van der Waals surface area contributed by atoms with E-state index in [0.29, 0.717) is 11.0 Å². The third-order valence-electron chi connectivity index (χ3n) is 2.21. The van der Waals surface area contributed by atoms with Crippen LogP contribution in [0.25, 0.3) is 11.3 Å². The quantitative estimate of drug-likeness (QED) is 0.783. The molecule has 4 nitrogen and oxygen atoms in total. The van der Waals surface area contributed by atoms with Gasteiger partial charge in [0.15, 0.2) is 0 Å². The van der Waals surface area contributed by atoms with Crippen LogP contribution in [-0.2, 0) is 7.05 Å².